The molecule has 1 fully saturated rings. The first-order valence-corrected chi connectivity index (χ1v) is 12.7. The van der Waals surface area contributed by atoms with Gasteiger partial charge in [0.05, 0.1) is 13.5 Å². The predicted octanol–water partition coefficient (Wildman–Crippen LogP) is 4.86. The van der Waals surface area contributed by atoms with Crippen LogP contribution in [0.4, 0.5) is 5.69 Å². The molecule has 1 unspecified atom stereocenters. The first kappa shape index (κ1) is 23.2. The van der Waals surface area contributed by atoms with Crippen molar-refractivity contribution >= 4 is 28.8 Å². The van der Waals surface area contributed by atoms with Gasteiger partial charge in [0.15, 0.2) is 11.5 Å². The Bertz CT molecular complexity index is 1190. The van der Waals surface area contributed by atoms with Gasteiger partial charge in [-0.25, -0.2) is 0 Å². The third-order valence-electron chi connectivity index (χ3n) is 6.43. The minimum Gasteiger partial charge on any atom is -0.497 e. The predicted molar refractivity (Wildman–Crippen MR) is 134 cm³/mol. The Kier molecular flexibility index (Phi) is 6.90. The Morgan fingerprint density at radius 2 is 1.91 bits per heavy atom. The van der Waals surface area contributed by atoms with E-state index < -0.39 is 6.04 Å². The summed E-state index contributed by atoms with van der Waals surface area (Å²) in [6, 6.07) is 15.8. The molecule has 1 aliphatic heterocycles. The summed E-state index contributed by atoms with van der Waals surface area (Å²) in [4.78, 5) is 30.2. The number of anilines is 1. The molecule has 2 aromatic carbocycles. The standard InChI is InChI=1S/C27H28N2O5S/c1-32-21-9-4-6-18(14-21)26(27(31)28-19-7-2-3-8-19)29(25(30)16-22-10-5-13-35-22)20-11-12-23-24(15-20)34-17-33-23/h4-6,9-15,19,26H,2-3,7-8,16-17H2,1H3,(H,28,31). The van der Waals surface area contributed by atoms with Crippen molar-refractivity contribution in [1.82, 2.24) is 5.32 Å². The van der Waals surface area contributed by atoms with Crippen LogP contribution in [-0.4, -0.2) is 31.8 Å². The molecular formula is C27H28N2O5S. The number of nitrogens with one attached hydrogen (secondary N) is 1. The number of rotatable bonds is 8. The van der Waals surface area contributed by atoms with Crippen molar-refractivity contribution in [3.05, 3.63) is 70.4 Å². The molecule has 0 saturated heterocycles. The minimum absolute atomic E-state index is 0.113. The summed E-state index contributed by atoms with van der Waals surface area (Å²) in [6.45, 7) is 0.128. The lowest BCUT2D eigenvalue weighted by Crippen LogP contribution is -2.46. The molecular weight excluding hydrogens is 464 g/mol. The van der Waals surface area contributed by atoms with E-state index in [9.17, 15) is 9.59 Å². The fraction of sp³-hybridized carbons (Fsp3) is 0.333. The largest absolute Gasteiger partial charge is 0.497 e. The van der Waals surface area contributed by atoms with E-state index in [0.29, 0.717) is 28.5 Å². The summed E-state index contributed by atoms with van der Waals surface area (Å²) < 4.78 is 16.5. The van der Waals surface area contributed by atoms with Crippen LogP contribution in [0.25, 0.3) is 0 Å². The first-order valence-electron chi connectivity index (χ1n) is 11.8. The van der Waals surface area contributed by atoms with Crippen molar-refractivity contribution < 1.29 is 23.8 Å². The summed E-state index contributed by atoms with van der Waals surface area (Å²) in [6.07, 6.45) is 4.27. The number of carbonyl (C=O) groups is 2. The Labute approximate surface area is 208 Å². The lowest BCUT2D eigenvalue weighted by atomic mass is 10.0. The van der Waals surface area contributed by atoms with Crippen LogP contribution in [0.1, 0.15) is 42.2 Å². The molecule has 1 saturated carbocycles. The SMILES string of the molecule is COc1cccc(C(C(=O)NC2CCCC2)N(C(=O)Cc2cccs2)c2ccc3c(c2)OCO3)c1. The fourth-order valence-corrected chi connectivity index (χ4v) is 5.39. The third kappa shape index (κ3) is 5.12. The highest BCUT2D eigenvalue weighted by Crippen LogP contribution is 2.39. The number of hydrogen-bond donors (Lipinski definition) is 1. The third-order valence-corrected chi connectivity index (χ3v) is 7.30. The molecule has 7 nitrogen and oxygen atoms in total. The van der Waals surface area contributed by atoms with E-state index in [0.717, 1.165) is 30.6 Å². The lowest BCUT2D eigenvalue weighted by Gasteiger charge is -2.32. The molecule has 2 amide bonds. The molecule has 5 rings (SSSR count). The fourth-order valence-electron chi connectivity index (χ4n) is 4.70. The van der Waals surface area contributed by atoms with Crippen LogP contribution in [0.5, 0.6) is 17.2 Å². The molecule has 182 valence electrons. The molecule has 3 aromatic rings. The van der Waals surface area contributed by atoms with E-state index in [2.05, 4.69) is 5.32 Å². The smallest absolute Gasteiger partial charge is 0.248 e. The number of thiophene rings is 1. The zero-order valence-corrected chi connectivity index (χ0v) is 20.4. The van der Waals surface area contributed by atoms with Crippen LogP contribution in [0.15, 0.2) is 60.0 Å². The van der Waals surface area contributed by atoms with Crippen LogP contribution < -0.4 is 24.4 Å². The summed E-state index contributed by atoms with van der Waals surface area (Å²) in [5.41, 5.74) is 1.25. The number of methoxy groups -OCH3 is 1. The zero-order chi connectivity index (χ0) is 24.2. The van der Waals surface area contributed by atoms with Crippen LogP contribution in [-0.2, 0) is 16.0 Å². The number of fused-ring (bicyclic) bond motifs is 1. The van der Waals surface area contributed by atoms with Gasteiger partial charge in [-0.15, -0.1) is 11.3 Å². The summed E-state index contributed by atoms with van der Waals surface area (Å²) >= 11 is 1.52. The highest BCUT2D eigenvalue weighted by Gasteiger charge is 2.35. The first-order chi connectivity index (χ1) is 17.1. The van der Waals surface area contributed by atoms with E-state index in [4.69, 9.17) is 14.2 Å². The second-order valence-corrected chi connectivity index (χ2v) is 9.76. The quantitative estimate of drug-likeness (QED) is 0.486. The number of nitrogens with zero attached hydrogens (tertiary/aromatic N) is 1. The number of benzene rings is 2. The maximum absolute atomic E-state index is 13.9. The molecule has 0 radical (unpaired) electrons. The highest BCUT2D eigenvalue weighted by atomic mass is 32.1. The van der Waals surface area contributed by atoms with Gasteiger partial charge in [-0.2, -0.15) is 0 Å². The Morgan fingerprint density at radius 3 is 2.69 bits per heavy atom. The number of carbonyl (C=O) groups excluding carboxylic acids is 2. The average molecular weight is 493 g/mol. The molecule has 35 heavy (non-hydrogen) atoms. The van der Waals surface area contributed by atoms with Gasteiger partial charge in [-0.3, -0.25) is 14.5 Å². The van der Waals surface area contributed by atoms with E-state index >= 15 is 0 Å². The van der Waals surface area contributed by atoms with Gasteiger partial charge in [0, 0.05) is 22.7 Å². The van der Waals surface area contributed by atoms with Gasteiger partial charge in [-0.1, -0.05) is 31.0 Å². The molecule has 8 heteroatoms. The topological polar surface area (TPSA) is 77.1 Å². The molecule has 0 bridgehead atoms. The van der Waals surface area contributed by atoms with Crippen LogP contribution in [0.2, 0.25) is 0 Å². The average Bonchev–Trinajstić information content (AvgIpc) is 3.65. The van der Waals surface area contributed by atoms with E-state index in [1.54, 1.807) is 30.2 Å². The number of amides is 2. The van der Waals surface area contributed by atoms with Gasteiger partial charge >= 0.3 is 0 Å². The summed E-state index contributed by atoms with van der Waals surface area (Å²) in [5, 5.41) is 5.15. The zero-order valence-electron chi connectivity index (χ0n) is 19.6. The van der Waals surface area contributed by atoms with Crippen molar-refractivity contribution in [2.45, 2.75) is 44.2 Å². The van der Waals surface area contributed by atoms with Crippen LogP contribution >= 0.6 is 11.3 Å². The second kappa shape index (κ2) is 10.4. The monoisotopic (exact) mass is 492 g/mol. The Morgan fingerprint density at radius 1 is 1.09 bits per heavy atom. The molecule has 1 aliphatic carbocycles. The molecule has 0 spiro atoms. The van der Waals surface area contributed by atoms with Gasteiger partial charge in [0.25, 0.3) is 0 Å². The van der Waals surface area contributed by atoms with Gasteiger partial charge in [0.2, 0.25) is 18.6 Å². The lowest BCUT2D eigenvalue weighted by molar-refractivity contribution is -0.127. The number of hydrogen-bond acceptors (Lipinski definition) is 6. The summed E-state index contributed by atoms with van der Waals surface area (Å²) in [7, 11) is 1.59. The van der Waals surface area contributed by atoms with Crippen LogP contribution in [0, 0.1) is 0 Å². The minimum atomic E-state index is -0.876. The molecule has 2 aliphatic rings. The molecule has 1 aromatic heterocycles. The summed E-state index contributed by atoms with van der Waals surface area (Å²) in [5.74, 6) is 1.41. The van der Waals surface area contributed by atoms with Crippen molar-refractivity contribution in [1.29, 1.82) is 0 Å². The molecule has 2 heterocycles. The normalized spacial score (nSPS) is 15.6. The second-order valence-electron chi connectivity index (χ2n) is 8.73. The highest BCUT2D eigenvalue weighted by molar-refractivity contribution is 7.10. The van der Waals surface area contributed by atoms with Crippen LogP contribution in [0.3, 0.4) is 0 Å². The van der Waals surface area contributed by atoms with Gasteiger partial charge < -0.3 is 19.5 Å². The van der Waals surface area contributed by atoms with Crippen molar-refractivity contribution in [2.75, 3.05) is 18.8 Å². The Hall–Kier alpha value is -3.52. The van der Waals surface area contributed by atoms with Crippen molar-refractivity contribution in [2.24, 2.45) is 0 Å². The number of ether oxygens (including phenoxy) is 3. The molecule has 1 atom stereocenters. The Balaban J connectivity index is 1.58. The maximum atomic E-state index is 13.9. The van der Waals surface area contributed by atoms with Gasteiger partial charge in [-0.05, 0) is 54.1 Å². The molecule has 1 N–H and O–H groups in total. The van der Waals surface area contributed by atoms with Gasteiger partial charge in [0.1, 0.15) is 11.8 Å². The van der Waals surface area contributed by atoms with E-state index in [1.807, 2.05) is 41.8 Å². The maximum Gasteiger partial charge on any atom is 0.248 e. The van der Waals surface area contributed by atoms with E-state index in [1.165, 1.54) is 11.3 Å². The van der Waals surface area contributed by atoms with E-state index in [-0.39, 0.29) is 31.1 Å². The van der Waals surface area contributed by atoms with Crippen molar-refractivity contribution in [3.8, 4) is 17.2 Å². The van der Waals surface area contributed by atoms with Crippen molar-refractivity contribution in [3.63, 3.8) is 0 Å².